The summed E-state index contributed by atoms with van der Waals surface area (Å²) in [6.45, 7) is 9.61. The van der Waals surface area contributed by atoms with E-state index in [9.17, 15) is 4.79 Å². The smallest absolute Gasteiger partial charge is 0.335 e. The number of hydrogen-bond donors (Lipinski definition) is 2. The highest BCUT2D eigenvalue weighted by molar-refractivity contribution is 5.87. The second kappa shape index (κ2) is 7.62. The van der Waals surface area contributed by atoms with Gasteiger partial charge in [0.1, 0.15) is 11.5 Å². The third kappa shape index (κ3) is 3.91. The van der Waals surface area contributed by atoms with Gasteiger partial charge < -0.3 is 19.9 Å². The molecule has 0 amide bonds. The fourth-order valence-electron chi connectivity index (χ4n) is 4.30. The summed E-state index contributed by atoms with van der Waals surface area (Å²) in [4.78, 5) is 11.0. The lowest BCUT2D eigenvalue weighted by atomic mass is 9.62. The van der Waals surface area contributed by atoms with Crippen LogP contribution in [0.25, 0.3) is 0 Å². The van der Waals surface area contributed by atoms with Crippen molar-refractivity contribution < 1.29 is 19.4 Å². The second-order valence-electron chi connectivity index (χ2n) is 9.03. The minimum atomic E-state index is -0.921. The highest BCUT2D eigenvalue weighted by Gasteiger charge is 2.42. The van der Waals surface area contributed by atoms with E-state index >= 15 is 0 Å². The fourth-order valence-corrected chi connectivity index (χ4v) is 4.30. The van der Waals surface area contributed by atoms with Crippen molar-refractivity contribution in [3.63, 3.8) is 0 Å². The molecule has 0 spiro atoms. The second-order valence-corrected chi connectivity index (χ2v) is 9.03. The summed E-state index contributed by atoms with van der Waals surface area (Å²) in [5.74, 6) is 0.818. The molecular formula is C24H31NO4. The van der Waals surface area contributed by atoms with Gasteiger partial charge in [0, 0.05) is 23.7 Å². The van der Waals surface area contributed by atoms with Crippen molar-refractivity contribution in [2.75, 3.05) is 19.5 Å². The molecule has 0 saturated carbocycles. The van der Waals surface area contributed by atoms with Gasteiger partial charge in [-0.05, 0) is 41.4 Å². The molecule has 0 fully saturated rings. The molecule has 0 saturated heterocycles. The first kappa shape index (κ1) is 21.0. The molecule has 2 aromatic carbocycles. The van der Waals surface area contributed by atoms with Crippen LogP contribution in [0, 0.1) is 0 Å². The molecule has 5 nitrogen and oxygen atoms in total. The zero-order valence-electron chi connectivity index (χ0n) is 18.2. The van der Waals surface area contributed by atoms with Gasteiger partial charge in [-0.15, -0.1) is 0 Å². The fraction of sp³-hybridized carbons (Fsp3) is 0.458. The van der Waals surface area contributed by atoms with Crippen LogP contribution in [-0.4, -0.2) is 25.3 Å². The maximum Gasteiger partial charge on any atom is 0.335 e. The SMILES string of the molecule is COc1cc(NCc2ccc(C(=O)O)cc2)c(OC)c2c1C(C)(C)CCC2(C)C. The van der Waals surface area contributed by atoms with Crippen molar-refractivity contribution in [2.45, 2.75) is 57.9 Å². The molecule has 5 heteroatoms. The van der Waals surface area contributed by atoms with Crippen LogP contribution < -0.4 is 14.8 Å². The molecule has 1 aliphatic rings. The number of fused-ring (bicyclic) bond motifs is 1. The first-order valence-electron chi connectivity index (χ1n) is 9.97. The van der Waals surface area contributed by atoms with Gasteiger partial charge in [-0.2, -0.15) is 0 Å². The quantitative estimate of drug-likeness (QED) is 0.686. The summed E-state index contributed by atoms with van der Waals surface area (Å²) in [6, 6.07) is 8.91. The average molecular weight is 398 g/mol. The highest BCUT2D eigenvalue weighted by Crippen LogP contribution is 2.55. The van der Waals surface area contributed by atoms with Crippen LogP contribution in [0.3, 0.4) is 0 Å². The molecule has 156 valence electrons. The summed E-state index contributed by atoms with van der Waals surface area (Å²) >= 11 is 0. The van der Waals surface area contributed by atoms with Gasteiger partial charge in [-0.3, -0.25) is 0 Å². The molecule has 0 radical (unpaired) electrons. The molecule has 1 aliphatic carbocycles. The van der Waals surface area contributed by atoms with E-state index in [1.807, 2.05) is 18.2 Å². The number of nitrogens with one attached hydrogen (secondary N) is 1. The van der Waals surface area contributed by atoms with Gasteiger partial charge in [0.2, 0.25) is 0 Å². The molecule has 29 heavy (non-hydrogen) atoms. The maximum atomic E-state index is 11.0. The van der Waals surface area contributed by atoms with Crippen LogP contribution in [0.15, 0.2) is 30.3 Å². The highest BCUT2D eigenvalue weighted by atomic mass is 16.5. The van der Waals surface area contributed by atoms with Crippen LogP contribution >= 0.6 is 0 Å². The maximum absolute atomic E-state index is 11.0. The Morgan fingerprint density at radius 2 is 1.59 bits per heavy atom. The zero-order chi connectivity index (χ0) is 21.4. The minimum absolute atomic E-state index is 0.00860. The number of carboxylic acid groups (broad SMARTS) is 1. The third-order valence-electron chi connectivity index (χ3n) is 6.08. The van der Waals surface area contributed by atoms with Gasteiger partial charge in [0.25, 0.3) is 0 Å². The predicted molar refractivity (Wildman–Crippen MR) is 116 cm³/mol. The van der Waals surface area contributed by atoms with Crippen molar-refractivity contribution in [2.24, 2.45) is 0 Å². The van der Waals surface area contributed by atoms with Crippen LogP contribution in [-0.2, 0) is 17.4 Å². The zero-order valence-corrected chi connectivity index (χ0v) is 18.2. The van der Waals surface area contributed by atoms with Gasteiger partial charge >= 0.3 is 5.97 Å². The molecule has 0 atom stereocenters. The number of methoxy groups -OCH3 is 2. The Balaban J connectivity index is 2.02. The summed E-state index contributed by atoms with van der Waals surface area (Å²) in [7, 11) is 3.43. The van der Waals surface area contributed by atoms with Crippen molar-refractivity contribution in [1.29, 1.82) is 0 Å². The average Bonchev–Trinajstić information content (AvgIpc) is 2.69. The number of anilines is 1. The van der Waals surface area contributed by atoms with Crippen LogP contribution in [0.2, 0.25) is 0 Å². The van der Waals surface area contributed by atoms with E-state index in [1.54, 1.807) is 26.4 Å². The molecule has 2 N–H and O–H groups in total. The number of aromatic carboxylic acids is 1. The number of rotatable bonds is 6. The summed E-state index contributed by atoms with van der Waals surface area (Å²) in [5.41, 5.74) is 4.58. The summed E-state index contributed by atoms with van der Waals surface area (Å²) in [5, 5.41) is 12.5. The van der Waals surface area contributed by atoms with Gasteiger partial charge in [0.15, 0.2) is 0 Å². The number of hydrogen-bond acceptors (Lipinski definition) is 4. The Labute approximate surface area is 173 Å². The Hall–Kier alpha value is -2.69. The van der Waals surface area contributed by atoms with Crippen LogP contribution in [0.1, 0.15) is 67.6 Å². The number of benzene rings is 2. The lowest BCUT2D eigenvalue weighted by Gasteiger charge is -2.43. The monoisotopic (exact) mass is 397 g/mol. The van der Waals surface area contributed by atoms with Crippen molar-refractivity contribution in [1.82, 2.24) is 0 Å². The third-order valence-corrected chi connectivity index (χ3v) is 6.08. The van der Waals surface area contributed by atoms with Gasteiger partial charge in [-0.25, -0.2) is 4.79 Å². The molecule has 0 aromatic heterocycles. The van der Waals surface area contributed by atoms with E-state index < -0.39 is 5.97 Å². The Morgan fingerprint density at radius 1 is 1.00 bits per heavy atom. The Bertz CT molecular complexity index is 913. The first-order valence-corrected chi connectivity index (χ1v) is 9.97. The Morgan fingerprint density at radius 3 is 2.10 bits per heavy atom. The van der Waals surface area contributed by atoms with Crippen molar-refractivity contribution >= 4 is 11.7 Å². The molecule has 0 unspecified atom stereocenters. The number of carboxylic acids is 1. The molecule has 0 heterocycles. The van der Waals surface area contributed by atoms with Gasteiger partial charge in [0.05, 0.1) is 25.5 Å². The predicted octanol–water partition coefficient (Wildman–Crippen LogP) is 5.36. The number of ether oxygens (including phenoxy) is 2. The largest absolute Gasteiger partial charge is 0.496 e. The van der Waals surface area contributed by atoms with E-state index in [1.165, 1.54) is 11.1 Å². The first-order chi connectivity index (χ1) is 13.6. The van der Waals surface area contributed by atoms with E-state index in [0.29, 0.717) is 6.54 Å². The molecule has 2 aromatic rings. The van der Waals surface area contributed by atoms with Crippen LogP contribution in [0.4, 0.5) is 5.69 Å². The minimum Gasteiger partial charge on any atom is -0.496 e. The normalized spacial score (nSPS) is 16.6. The Kier molecular flexibility index (Phi) is 5.52. The van der Waals surface area contributed by atoms with E-state index in [0.717, 1.165) is 35.6 Å². The van der Waals surface area contributed by atoms with E-state index in [4.69, 9.17) is 14.6 Å². The molecule has 0 aliphatic heterocycles. The molecule has 3 rings (SSSR count). The standard InChI is InChI=1S/C24H31NO4/c1-23(2)11-12-24(3,4)20-19(23)18(28-5)13-17(21(20)29-6)25-14-15-7-9-16(10-8-15)22(26)27/h7-10,13,25H,11-12,14H2,1-6H3,(H,26,27). The lowest BCUT2D eigenvalue weighted by molar-refractivity contribution is 0.0697. The van der Waals surface area contributed by atoms with Gasteiger partial charge in [-0.1, -0.05) is 39.8 Å². The summed E-state index contributed by atoms with van der Waals surface area (Å²) in [6.07, 6.45) is 2.17. The van der Waals surface area contributed by atoms with E-state index in [-0.39, 0.29) is 16.4 Å². The lowest BCUT2D eigenvalue weighted by Crippen LogP contribution is -2.35. The van der Waals surface area contributed by atoms with Crippen LogP contribution in [0.5, 0.6) is 11.5 Å². The molecule has 0 bridgehead atoms. The van der Waals surface area contributed by atoms with E-state index in [2.05, 4.69) is 33.0 Å². The van der Waals surface area contributed by atoms with Crippen molar-refractivity contribution in [3.05, 3.63) is 52.6 Å². The summed E-state index contributed by atoms with van der Waals surface area (Å²) < 4.78 is 11.7. The number of carbonyl (C=O) groups is 1. The molecular weight excluding hydrogens is 366 g/mol. The van der Waals surface area contributed by atoms with Crippen molar-refractivity contribution in [3.8, 4) is 11.5 Å². The topological polar surface area (TPSA) is 67.8 Å².